The van der Waals surface area contributed by atoms with Crippen LogP contribution in [-0.2, 0) is 13.5 Å². The second-order valence-corrected chi connectivity index (χ2v) is 4.65. The molecule has 0 saturated heterocycles. The van der Waals surface area contributed by atoms with E-state index in [-0.39, 0.29) is 0 Å². The fourth-order valence-electron chi connectivity index (χ4n) is 2.15. The van der Waals surface area contributed by atoms with Crippen LogP contribution in [0.4, 0.5) is 0 Å². The van der Waals surface area contributed by atoms with Crippen LogP contribution in [0.3, 0.4) is 0 Å². The highest BCUT2D eigenvalue weighted by atomic mass is 15.3. The molecule has 0 bridgehead atoms. The van der Waals surface area contributed by atoms with Gasteiger partial charge >= 0.3 is 0 Å². The Balaban J connectivity index is 2.74. The molecule has 96 valence electrons. The Morgan fingerprint density at radius 1 is 1.47 bits per heavy atom. The summed E-state index contributed by atoms with van der Waals surface area (Å²) in [6.45, 7) is 11.3. The molecule has 0 spiro atoms. The zero-order valence-electron chi connectivity index (χ0n) is 11.6. The van der Waals surface area contributed by atoms with Gasteiger partial charge in [-0.25, -0.2) is 0 Å². The van der Waals surface area contributed by atoms with E-state index < -0.39 is 0 Å². The van der Waals surface area contributed by atoms with Crippen LogP contribution in [-0.4, -0.2) is 22.4 Å². The molecule has 0 aliphatic carbocycles. The standard InChI is InChI=1S/C14H25N3/c1-6-8-13(15-9-7-2)10-14-11(3)16-17(5)12(14)4/h6,13,15H,1,7-10H2,2-5H3. The zero-order chi connectivity index (χ0) is 12.8. The average molecular weight is 235 g/mol. The number of aromatic nitrogens is 2. The Morgan fingerprint density at radius 3 is 2.65 bits per heavy atom. The third-order valence-electron chi connectivity index (χ3n) is 3.24. The fourth-order valence-corrected chi connectivity index (χ4v) is 2.15. The van der Waals surface area contributed by atoms with Crippen molar-refractivity contribution in [1.29, 1.82) is 0 Å². The van der Waals surface area contributed by atoms with Crippen LogP contribution in [0.2, 0.25) is 0 Å². The first-order valence-corrected chi connectivity index (χ1v) is 6.43. The lowest BCUT2D eigenvalue weighted by molar-refractivity contribution is 0.510. The van der Waals surface area contributed by atoms with E-state index >= 15 is 0 Å². The first kappa shape index (κ1) is 14.0. The van der Waals surface area contributed by atoms with Crippen molar-refractivity contribution in [3.8, 4) is 0 Å². The minimum absolute atomic E-state index is 0.481. The smallest absolute Gasteiger partial charge is 0.0628 e. The molecule has 0 fully saturated rings. The molecule has 1 N–H and O–H groups in total. The van der Waals surface area contributed by atoms with Crippen LogP contribution in [0.1, 0.15) is 36.7 Å². The summed E-state index contributed by atoms with van der Waals surface area (Å²) in [5.74, 6) is 0. The van der Waals surface area contributed by atoms with Crippen molar-refractivity contribution in [3.05, 3.63) is 29.6 Å². The van der Waals surface area contributed by atoms with Crippen molar-refractivity contribution < 1.29 is 0 Å². The predicted molar refractivity (Wildman–Crippen MR) is 73.3 cm³/mol. The molecule has 1 aromatic rings. The van der Waals surface area contributed by atoms with Crippen molar-refractivity contribution in [2.24, 2.45) is 7.05 Å². The van der Waals surface area contributed by atoms with Gasteiger partial charge in [-0.3, -0.25) is 4.68 Å². The van der Waals surface area contributed by atoms with Gasteiger partial charge in [0.2, 0.25) is 0 Å². The third-order valence-corrected chi connectivity index (χ3v) is 3.24. The van der Waals surface area contributed by atoms with Gasteiger partial charge in [-0.2, -0.15) is 5.10 Å². The number of hydrogen-bond donors (Lipinski definition) is 1. The van der Waals surface area contributed by atoms with E-state index in [1.54, 1.807) is 0 Å². The van der Waals surface area contributed by atoms with E-state index in [0.717, 1.165) is 25.1 Å². The van der Waals surface area contributed by atoms with E-state index in [2.05, 4.69) is 37.8 Å². The van der Waals surface area contributed by atoms with E-state index in [4.69, 9.17) is 0 Å². The van der Waals surface area contributed by atoms with Crippen LogP contribution >= 0.6 is 0 Å². The SMILES string of the molecule is C=CCC(Cc1c(C)nn(C)c1C)NCCC. The molecule has 17 heavy (non-hydrogen) atoms. The maximum Gasteiger partial charge on any atom is 0.0628 e. The lowest BCUT2D eigenvalue weighted by Gasteiger charge is -2.17. The second kappa shape index (κ2) is 6.60. The van der Waals surface area contributed by atoms with Gasteiger partial charge < -0.3 is 5.32 Å². The van der Waals surface area contributed by atoms with Gasteiger partial charge in [-0.05, 0) is 45.2 Å². The minimum Gasteiger partial charge on any atom is -0.313 e. The Labute approximate surface area is 105 Å². The second-order valence-electron chi connectivity index (χ2n) is 4.65. The van der Waals surface area contributed by atoms with E-state index in [1.165, 1.54) is 17.7 Å². The Bertz CT molecular complexity index is 366. The molecule has 3 nitrogen and oxygen atoms in total. The third kappa shape index (κ3) is 3.70. The van der Waals surface area contributed by atoms with Crippen molar-refractivity contribution in [2.45, 2.75) is 46.1 Å². The van der Waals surface area contributed by atoms with E-state index in [9.17, 15) is 0 Å². The molecule has 1 atom stereocenters. The summed E-state index contributed by atoms with van der Waals surface area (Å²) in [6, 6.07) is 0.481. The molecule has 1 rings (SSSR count). The summed E-state index contributed by atoms with van der Waals surface area (Å²) in [7, 11) is 2.01. The lowest BCUT2D eigenvalue weighted by atomic mass is 10.0. The van der Waals surface area contributed by atoms with Gasteiger partial charge in [0, 0.05) is 18.8 Å². The molecule has 3 heteroatoms. The largest absolute Gasteiger partial charge is 0.313 e. The molecule has 1 heterocycles. The summed E-state index contributed by atoms with van der Waals surface area (Å²) in [4.78, 5) is 0. The minimum atomic E-state index is 0.481. The molecule has 0 radical (unpaired) electrons. The van der Waals surface area contributed by atoms with E-state index in [1.807, 2.05) is 17.8 Å². The van der Waals surface area contributed by atoms with Crippen LogP contribution in [0.5, 0.6) is 0 Å². The maximum absolute atomic E-state index is 4.47. The molecule has 1 unspecified atom stereocenters. The van der Waals surface area contributed by atoms with Crippen molar-refractivity contribution in [3.63, 3.8) is 0 Å². The highest BCUT2D eigenvalue weighted by Crippen LogP contribution is 2.15. The molecule has 1 aromatic heterocycles. The van der Waals surface area contributed by atoms with Gasteiger partial charge in [0.15, 0.2) is 0 Å². The average Bonchev–Trinajstić information content (AvgIpc) is 2.53. The zero-order valence-corrected chi connectivity index (χ0v) is 11.6. The maximum atomic E-state index is 4.47. The van der Waals surface area contributed by atoms with Crippen molar-refractivity contribution in [1.82, 2.24) is 15.1 Å². The summed E-state index contributed by atoms with van der Waals surface area (Å²) in [6.07, 6.45) is 5.21. The number of rotatable bonds is 7. The Morgan fingerprint density at radius 2 is 2.18 bits per heavy atom. The number of aryl methyl sites for hydroxylation is 2. The first-order chi connectivity index (χ1) is 8.10. The van der Waals surface area contributed by atoms with Gasteiger partial charge in [-0.1, -0.05) is 13.0 Å². The monoisotopic (exact) mass is 235 g/mol. The molecule has 0 saturated carbocycles. The highest BCUT2D eigenvalue weighted by molar-refractivity contribution is 5.25. The topological polar surface area (TPSA) is 29.9 Å². The van der Waals surface area contributed by atoms with Crippen LogP contribution in [0.15, 0.2) is 12.7 Å². The van der Waals surface area contributed by atoms with Crippen LogP contribution in [0, 0.1) is 13.8 Å². The van der Waals surface area contributed by atoms with Crippen molar-refractivity contribution >= 4 is 0 Å². The number of nitrogens with zero attached hydrogens (tertiary/aromatic N) is 2. The summed E-state index contributed by atoms with van der Waals surface area (Å²) >= 11 is 0. The lowest BCUT2D eigenvalue weighted by Crippen LogP contribution is -2.31. The van der Waals surface area contributed by atoms with Crippen LogP contribution in [0.25, 0.3) is 0 Å². The van der Waals surface area contributed by atoms with Gasteiger partial charge in [0.1, 0.15) is 0 Å². The molecule has 0 aromatic carbocycles. The normalized spacial score (nSPS) is 12.7. The first-order valence-electron chi connectivity index (χ1n) is 6.43. The summed E-state index contributed by atoms with van der Waals surface area (Å²) in [5, 5.41) is 8.04. The predicted octanol–water partition coefficient (Wildman–Crippen LogP) is 2.52. The van der Waals surface area contributed by atoms with Gasteiger partial charge in [0.05, 0.1) is 5.69 Å². The molecular weight excluding hydrogens is 210 g/mol. The number of hydrogen-bond acceptors (Lipinski definition) is 2. The number of nitrogens with one attached hydrogen (secondary N) is 1. The Hall–Kier alpha value is -1.09. The molecule has 0 aliphatic rings. The van der Waals surface area contributed by atoms with Crippen LogP contribution < -0.4 is 5.32 Å². The van der Waals surface area contributed by atoms with Crippen molar-refractivity contribution in [2.75, 3.05) is 6.54 Å². The molecular formula is C14H25N3. The highest BCUT2D eigenvalue weighted by Gasteiger charge is 2.14. The molecule has 0 aliphatic heterocycles. The molecule has 0 amide bonds. The summed E-state index contributed by atoms with van der Waals surface area (Å²) in [5.41, 5.74) is 3.80. The summed E-state index contributed by atoms with van der Waals surface area (Å²) < 4.78 is 1.97. The van der Waals surface area contributed by atoms with E-state index in [0.29, 0.717) is 6.04 Å². The van der Waals surface area contributed by atoms with Gasteiger partial charge in [0.25, 0.3) is 0 Å². The van der Waals surface area contributed by atoms with Gasteiger partial charge in [-0.15, -0.1) is 6.58 Å². The Kier molecular flexibility index (Phi) is 5.42. The quantitative estimate of drug-likeness (QED) is 0.736. The fraction of sp³-hybridized carbons (Fsp3) is 0.643.